The van der Waals surface area contributed by atoms with E-state index in [1.165, 1.54) is 11.8 Å². The third-order valence-electron chi connectivity index (χ3n) is 5.74. The minimum Gasteiger partial charge on any atom is -0.376 e. The second-order valence-corrected chi connectivity index (χ2v) is 10.8. The zero-order valence-corrected chi connectivity index (χ0v) is 21.1. The summed E-state index contributed by atoms with van der Waals surface area (Å²) < 4.78 is 30.9. The van der Waals surface area contributed by atoms with Crippen LogP contribution in [0.25, 0.3) is 0 Å². The van der Waals surface area contributed by atoms with Crippen LogP contribution >= 0.6 is 23.5 Å². The Hall–Kier alpha value is -2.43. The van der Waals surface area contributed by atoms with E-state index in [9.17, 15) is 18.4 Å². The van der Waals surface area contributed by atoms with E-state index in [2.05, 4.69) is 10.3 Å². The van der Waals surface area contributed by atoms with Crippen molar-refractivity contribution in [2.45, 2.75) is 55.1 Å². The van der Waals surface area contributed by atoms with Gasteiger partial charge in [-0.15, -0.1) is 0 Å². The van der Waals surface area contributed by atoms with Crippen LogP contribution in [0.3, 0.4) is 0 Å². The Morgan fingerprint density at radius 3 is 2.69 bits per heavy atom. The first-order valence-electron chi connectivity index (χ1n) is 11.4. The second kappa shape index (κ2) is 11.5. The van der Waals surface area contributed by atoms with Crippen molar-refractivity contribution in [3.8, 4) is 0 Å². The maximum Gasteiger partial charge on any atom is 0.288 e. The number of amidine groups is 1. The zero-order valence-electron chi connectivity index (χ0n) is 19.5. The van der Waals surface area contributed by atoms with Crippen LogP contribution in [0, 0.1) is 13.8 Å². The van der Waals surface area contributed by atoms with Gasteiger partial charge in [0.2, 0.25) is 11.8 Å². The highest BCUT2D eigenvalue weighted by Crippen LogP contribution is 2.34. The number of aryl methyl sites for hydroxylation is 2. The monoisotopic (exact) mass is 519 g/mol. The van der Waals surface area contributed by atoms with Gasteiger partial charge in [-0.1, -0.05) is 41.2 Å². The lowest BCUT2D eigenvalue weighted by Crippen LogP contribution is -2.38. The van der Waals surface area contributed by atoms with Crippen LogP contribution < -0.4 is 5.32 Å². The number of amides is 2. The van der Waals surface area contributed by atoms with E-state index in [4.69, 9.17) is 4.74 Å². The van der Waals surface area contributed by atoms with Crippen molar-refractivity contribution < 1.29 is 23.1 Å². The highest BCUT2D eigenvalue weighted by molar-refractivity contribution is 8.15. The number of hydrogen-bond acceptors (Lipinski definition) is 6. The van der Waals surface area contributed by atoms with Crippen LogP contribution in [0.15, 0.2) is 52.4 Å². The first-order valence-corrected chi connectivity index (χ1v) is 13.1. The Morgan fingerprint density at radius 1 is 1.26 bits per heavy atom. The third kappa shape index (κ3) is 6.83. The Labute approximate surface area is 211 Å². The van der Waals surface area contributed by atoms with Crippen molar-refractivity contribution in [1.29, 1.82) is 0 Å². The standard InChI is InChI=1S/C25H27F2N3O3S2/c1-15-5-10-20(16(2)12-15)29-22(31)13-21-23(32)30(14-18-4-3-11-33-18)25(35-21)28-17-6-8-19(9-7-17)34-24(26)27/h5-10,12,18,21,24H,3-4,11,13-14H2,1-2H3,(H,29,31)/t18-,21-/m0/s1. The molecule has 2 aliphatic heterocycles. The summed E-state index contributed by atoms with van der Waals surface area (Å²) in [6, 6.07) is 12.2. The number of ether oxygens (including phenoxy) is 1. The fourth-order valence-electron chi connectivity index (χ4n) is 4.02. The van der Waals surface area contributed by atoms with E-state index in [0.29, 0.717) is 40.7 Å². The number of halogens is 2. The van der Waals surface area contributed by atoms with E-state index >= 15 is 0 Å². The van der Waals surface area contributed by atoms with Crippen molar-refractivity contribution in [3.63, 3.8) is 0 Å². The number of alkyl halides is 2. The van der Waals surface area contributed by atoms with E-state index in [0.717, 1.165) is 29.7 Å². The molecule has 0 radical (unpaired) electrons. The molecule has 10 heteroatoms. The summed E-state index contributed by atoms with van der Waals surface area (Å²) in [4.78, 5) is 32.7. The fourth-order valence-corrected chi connectivity index (χ4v) is 5.69. The van der Waals surface area contributed by atoms with Gasteiger partial charge in [-0.3, -0.25) is 14.5 Å². The topological polar surface area (TPSA) is 71.0 Å². The maximum atomic E-state index is 13.3. The second-order valence-electron chi connectivity index (χ2n) is 8.53. The van der Waals surface area contributed by atoms with E-state index in [1.807, 2.05) is 32.0 Å². The Morgan fingerprint density at radius 2 is 2.03 bits per heavy atom. The van der Waals surface area contributed by atoms with Crippen LogP contribution in [0.1, 0.15) is 30.4 Å². The number of benzene rings is 2. The van der Waals surface area contributed by atoms with Crippen LogP contribution in [-0.4, -0.2) is 52.1 Å². The molecule has 2 fully saturated rings. The highest BCUT2D eigenvalue weighted by atomic mass is 32.2. The van der Waals surface area contributed by atoms with Gasteiger partial charge in [-0.25, -0.2) is 4.99 Å². The maximum absolute atomic E-state index is 13.3. The lowest BCUT2D eigenvalue weighted by atomic mass is 10.1. The normalized spacial score (nSPS) is 21.3. The molecule has 2 aromatic rings. The van der Waals surface area contributed by atoms with Crippen molar-refractivity contribution in [3.05, 3.63) is 53.6 Å². The lowest BCUT2D eigenvalue weighted by molar-refractivity contribution is -0.129. The third-order valence-corrected chi connectivity index (χ3v) is 7.64. The average Bonchev–Trinajstić information content (AvgIpc) is 3.41. The molecule has 2 aromatic carbocycles. The molecule has 0 unspecified atom stereocenters. The number of nitrogens with one attached hydrogen (secondary N) is 1. The van der Waals surface area contributed by atoms with Crippen LogP contribution in [0.5, 0.6) is 0 Å². The summed E-state index contributed by atoms with van der Waals surface area (Å²) >= 11 is 1.72. The molecule has 2 atom stereocenters. The molecule has 0 aliphatic carbocycles. The van der Waals surface area contributed by atoms with Crippen molar-refractivity contribution in [2.24, 2.45) is 4.99 Å². The molecular formula is C25H27F2N3O3S2. The molecule has 0 spiro atoms. The van der Waals surface area contributed by atoms with Crippen molar-refractivity contribution in [1.82, 2.24) is 4.90 Å². The number of anilines is 1. The minimum atomic E-state index is -2.49. The molecule has 4 rings (SSSR count). The number of nitrogens with zero attached hydrogens (tertiary/aromatic N) is 2. The first kappa shape index (κ1) is 25.7. The summed E-state index contributed by atoms with van der Waals surface area (Å²) in [5.74, 6) is -2.91. The number of hydrogen-bond donors (Lipinski definition) is 1. The number of rotatable bonds is 8. The fraction of sp³-hybridized carbons (Fsp3) is 0.400. The summed E-state index contributed by atoms with van der Waals surface area (Å²) in [7, 11) is 0. The molecule has 0 bridgehead atoms. The molecule has 2 aliphatic rings. The SMILES string of the molecule is Cc1ccc(NC(=O)C[C@@H]2SC(=Nc3ccc(SC(F)F)cc3)N(C[C@@H]3CCCO3)C2=O)c(C)c1. The Bertz CT molecular complexity index is 1110. The molecule has 2 amide bonds. The van der Waals surface area contributed by atoms with Gasteiger partial charge >= 0.3 is 0 Å². The number of carbonyl (C=O) groups is 2. The van der Waals surface area contributed by atoms with Gasteiger partial charge in [0.1, 0.15) is 5.25 Å². The molecular weight excluding hydrogens is 492 g/mol. The molecule has 2 saturated heterocycles. The quantitative estimate of drug-likeness (QED) is 0.449. The Balaban J connectivity index is 1.49. The smallest absolute Gasteiger partial charge is 0.288 e. The van der Waals surface area contributed by atoms with Crippen LogP contribution in [0.2, 0.25) is 0 Å². The van der Waals surface area contributed by atoms with E-state index < -0.39 is 11.0 Å². The van der Waals surface area contributed by atoms with Crippen molar-refractivity contribution in [2.75, 3.05) is 18.5 Å². The predicted molar refractivity (Wildman–Crippen MR) is 137 cm³/mol. The largest absolute Gasteiger partial charge is 0.376 e. The first-order chi connectivity index (χ1) is 16.8. The van der Waals surface area contributed by atoms with Gasteiger partial charge in [-0.05, 0) is 62.6 Å². The highest BCUT2D eigenvalue weighted by Gasteiger charge is 2.40. The Kier molecular flexibility index (Phi) is 8.46. The summed E-state index contributed by atoms with van der Waals surface area (Å²) in [6.07, 6.45) is 1.75. The molecule has 0 saturated carbocycles. The van der Waals surface area contributed by atoms with Gasteiger partial charge in [0.15, 0.2) is 5.17 Å². The number of thioether (sulfide) groups is 2. The molecule has 186 valence electrons. The van der Waals surface area contributed by atoms with E-state index in [1.54, 1.807) is 29.2 Å². The van der Waals surface area contributed by atoms with Gasteiger partial charge in [-0.2, -0.15) is 8.78 Å². The lowest BCUT2D eigenvalue weighted by Gasteiger charge is -2.20. The number of aliphatic imine (C=N–C) groups is 1. The van der Waals surface area contributed by atoms with Gasteiger partial charge in [0.25, 0.3) is 5.76 Å². The van der Waals surface area contributed by atoms with Gasteiger partial charge in [0, 0.05) is 23.6 Å². The van der Waals surface area contributed by atoms with Gasteiger partial charge < -0.3 is 10.1 Å². The molecule has 6 nitrogen and oxygen atoms in total. The zero-order chi connectivity index (χ0) is 24.9. The average molecular weight is 520 g/mol. The van der Waals surface area contributed by atoms with Crippen LogP contribution in [-0.2, 0) is 14.3 Å². The molecule has 35 heavy (non-hydrogen) atoms. The van der Waals surface area contributed by atoms with Crippen molar-refractivity contribution >= 4 is 51.9 Å². The molecule has 2 heterocycles. The summed E-state index contributed by atoms with van der Waals surface area (Å²) in [6.45, 7) is 4.95. The summed E-state index contributed by atoms with van der Waals surface area (Å²) in [5.41, 5.74) is 3.34. The minimum absolute atomic E-state index is 0.0157. The molecule has 0 aromatic heterocycles. The number of carbonyl (C=O) groups excluding carboxylic acids is 2. The molecule has 1 N–H and O–H groups in total. The van der Waals surface area contributed by atoms with E-state index in [-0.39, 0.29) is 24.3 Å². The summed E-state index contributed by atoms with van der Waals surface area (Å²) in [5, 5.41) is 2.80. The van der Waals surface area contributed by atoms with Gasteiger partial charge in [0.05, 0.1) is 18.3 Å². The van der Waals surface area contributed by atoms with Crippen LogP contribution in [0.4, 0.5) is 20.2 Å². The predicted octanol–water partition coefficient (Wildman–Crippen LogP) is 5.76.